The molecule has 4 heteroatoms. The molecule has 0 spiro atoms. The first-order valence-corrected chi connectivity index (χ1v) is 7.41. The molecule has 3 aliphatic rings. The fraction of sp³-hybridized carbons (Fsp3) is 0.562. The van der Waals surface area contributed by atoms with E-state index in [9.17, 15) is 4.39 Å². The molecule has 106 valence electrons. The number of anilines is 1. The normalized spacial score (nSPS) is 34.1. The van der Waals surface area contributed by atoms with Gasteiger partial charge in [-0.15, -0.1) is 0 Å². The second kappa shape index (κ2) is 3.96. The highest BCUT2D eigenvalue weighted by molar-refractivity contribution is 6.03. The molecule has 1 aromatic carbocycles. The summed E-state index contributed by atoms with van der Waals surface area (Å²) in [4.78, 5) is 2.14. The average molecular weight is 273 g/mol. The fourth-order valence-corrected chi connectivity index (χ4v) is 3.46. The zero-order valence-electron chi connectivity index (χ0n) is 12.0. The topological polar surface area (TPSA) is 18.8 Å². The lowest BCUT2D eigenvalue weighted by Crippen LogP contribution is -2.44. The highest BCUT2D eigenvalue weighted by atomic mass is 19.1. The van der Waals surface area contributed by atoms with Crippen LogP contribution in [0.15, 0.2) is 35.4 Å². The zero-order valence-corrected chi connectivity index (χ0v) is 12.0. The maximum absolute atomic E-state index is 14.3. The Bertz CT molecular complexity index is 554. The molecule has 1 saturated heterocycles. The van der Waals surface area contributed by atoms with Gasteiger partial charge >= 0.3 is 0 Å². The molecule has 1 aliphatic carbocycles. The minimum absolute atomic E-state index is 0.233. The van der Waals surface area contributed by atoms with E-state index in [0.717, 1.165) is 24.5 Å². The van der Waals surface area contributed by atoms with Crippen LogP contribution in [0.4, 0.5) is 10.1 Å². The Kier molecular flexibility index (Phi) is 2.41. The second-order valence-electron chi connectivity index (χ2n) is 6.79. The molecule has 0 N–H and O–H groups in total. The van der Waals surface area contributed by atoms with E-state index in [-0.39, 0.29) is 6.17 Å². The number of halogens is 1. The van der Waals surface area contributed by atoms with E-state index in [1.165, 1.54) is 0 Å². The molecule has 0 amide bonds. The maximum Gasteiger partial charge on any atom is 0.155 e. The summed E-state index contributed by atoms with van der Waals surface area (Å²) >= 11 is 0. The number of rotatable bonds is 2. The Balaban J connectivity index is 1.74. The van der Waals surface area contributed by atoms with Crippen molar-refractivity contribution in [2.24, 2.45) is 16.4 Å². The third kappa shape index (κ3) is 1.67. The maximum atomic E-state index is 14.3. The predicted octanol–water partition coefficient (Wildman–Crippen LogP) is 3.24. The van der Waals surface area contributed by atoms with E-state index in [0.29, 0.717) is 17.8 Å². The van der Waals surface area contributed by atoms with Crippen LogP contribution in [0.1, 0.15) is 26.7 Å². The molecule has 2 fully saturated rings. The van der Waals surface area contributed by atoms with Crippen molar-refractivity contribution in [2.75, 3.05) is 11.4 Å². The minimum Gasteiger partial charge on any atom is -0.303 e. The van der Waals surface area contributed by atoms with Gasteiger partial charge in [-0.2, -0.15) is 5.10 Å². The minimum atomic E-state index is -0.821. The lowest BCUT2D eigenvalue weighted by molar-refractivity contribution is 0.223. The third-order valence-corrected chi connectivity index (χ3v) is 4.86. The number of amidine groups is 1. The molecule has 2 unspecified atom stereocenters. The molecule has 0 aromatic heterocycles. The lowest BCUT2D eigenvalue weighted by atomic mass is 10.1. The number of hydrogen-bond donors (Lipinski definition) is 0. The SMILES string of the molecule is CC1(C)CC1C1=NN2CC[C@H](F)C2N1c1ccccc1. The van der Waals surface area contributed by atoms with Crippen molar-refractivity contribution in [3.05, 3.63) is 30.3 Å². The third-order valence-electron chi connectivity index (χ3n) is 4.86. The number of hydrazone groups is 1. The number of para-hydroxylation sites is 1. The molecule has 20 heavy (non-hydrogen) atoms. The van der Waals surface area contributed by atoms with E-state index in [1.54, 1.807) is 0 Å². The van der Waals surface area contributed by atoms with Crippen LogP contribution in [0.3, 0.4) is 0 Å². The smallest absolute Gasteiger partial charge is 0.155 e. The standard InChI is InChI=1S/C16H20FN3/c1-16(2)10-12(16)14-18-19-9-8-13(17)15(19)20(14)11-6-4-3-5-7-11/h3-7,12-13,15H,8-10H2,1-2H3/t12?,13-,15?/m0/s1. The summed E-state index contributed by atoms with van der Waals surface area (Å²) < 4.78 is 14.3. The van der Waals surface area contributed by atoms with Gasteiger partial charge in [-0.3, -0.25) is 5.01 Å². The zero-order chi connectivity index (χ0) is 13.9. The van der Waals surface area contributed by atoms with Gasteiger partial charge in [-0.25, -0.2) is 4.39 Å². The van der Waals surface area contributed by atoms with Crippen LogP contribution in [0.5, 0.6) is 0 Å². The average Bonchev–Trinajstić information content (AvgIpc) is 2.79. The molecule has 4 rings (SSSR count). The monoisotopic (exact) mass is 273 g/mol. The number of nitrogens with zero attached hydrogens (tertiary/aromatic N) is 3. The van der Waals surface area contributed by atoms with Gasteiger partial charge in [-0.1, -0.05) is 32.0 Å². The quantitative estimate of drug-likeness (QED) is 0.824. The molecule has 3 nitrogen and oxygen atoms in total. The van der Waals surface area contributed by atoms with E-state index in [2.05, 4.69) is 30.9 Å². The molecule has 2 aliphatic heterocycles. The Morgan fingerprint density at radius 3 is 2.60 bits per heavy atom. The summed E-state index contributed by atoms with van der Waals surface area (Å²) in [6, 6.07) is 10.1. The number of fused-ring (bicyclic) bond motifs is 1. The largest absolute Gasteiger partial charge is 0.303 e. The molecule has 1 aromatic rings. The molecule has 0 radical (unpaired) electrons. The molecular formula is C16H20FN3. The molecule has 2 heterocycles. The summed E-state index contributed by atoms with van der Waals surface area (Å²) in [5, 5.41) is 6.70. The first-order valence-electron chi connectivity index (χ1n) is 7.41. The predicted molar refractivity (Wildman–Crippen MR) is 78.3 cm³/mol. The molecule has 0 bridgehead atoms. The van der Waals surface area contributed by atoms with Crippen molar-refractivity contribution in [2.45, 2.75) is 39.0 Å². The second-order valence-corrected chi connectivity index (χ2v) is 6.79. The van der Waals surface area contributed by atoms with Crippen molar-refractivity contribution in [3.8, 4) is 0 Å². The van der Waals surface area contributed by atoms with Gasteiger partial charge in [0.2, 0.25) is 0 Å². The lowest BCUT2D eigenvalue weighted by Gasteiger charge is -2.29. The van der Waals surface area contributed by atoms with Gasteiger partial charge in [0.1, 0.15) is 12.0 Å². The van der Waals surface area contributed by atoms with Gasteiger partial charge in [-0.05, 0) is 24.0 Å². The Morgan fingerprint density at radius 2 is 1.95 bits per heavy atom. The van der Waals surface area contributed by atoms with Crippen LogP contribution in [0.25, 0.3) is 0 Å². The van der Waals surface area contributed by atoms with Gasteiger partial charge in [0.15, 0.2) is 6.17 Å². The van der Waals surface area contributed by atoms with E-state index >= 15 is 0 Å². The molecule has 3 atom stereocenters. The van der Waals surface area contributed by atoms with Crippen LogP contribution in [-0.4, -0.2) is 29.7 Å². The summed E-state index contributed by atoms with van der Waals surface area (Å²) in [7, 11) is 0. The number of hydrogen-bond acceptors (Lipinski definition) is 3. The van der Waals surface area contributed by atoms with Gasteiger partial charge in [0, 0.05) is 24.6 Å². The van der Waals surface area contributed by atoms with Crippen molar-refractivity contribution in [3.63, 3.8) is 0 Å². The molecular weight excluding hydrogens is 253 g/mol. The highest BCUT2D eigenvalue weighted by Crippen LogP contribution is 2.55. The van der Waals surface area contributed by atoms with E-state index < -0.39 is 6.17 Å². The van der Waals surface area contributed by atoms with E-state index in [1.807, 2.05) is 23.2 Å². The Hall–Kier alpha value is -1.58. The first kappa shape index (κ1) is 12.2. The van der Waals surface area contributed by atoms with Crippen LogP contribution < -0.4 is 4.90 Å². The van der Waals surface area contributed by atoms with Crippen LogP contribution in [0.2, 0.25) is 0 Å². The van der Waals surface area contributed by atoms with Crippen molar-refractivity contribution >= 4 is 11.5 Å². The molecule has 1 saturated carbocycles. The van der Waals surface area contributed by atoms with Crippen LogP contribution >= 0.6 is 0 Å². The summed E-state index contributed by atoms with van der Waals surface area (Å²) in [5.74, 6) is 1.52. The fourth-order valence-electron chi connectivity index (χ4n) is 3.46. The van der Waals surface area contributed by atoms with Crippen molar-refractivity contribution in [1.29, 1.82) is 0 Å². The Morgan fingerprint density at radius 1 is 1.25 bits per heavy atom. The highest BCUT2D eigenvalue weighted by Gasteiger charge is 2.56. The van der Waals surface area contributed by atoms with Gasteiger partial charge < -0.3 is 4.90 Å². The van der Waals surface area contributed by atoms with Gasteiger partial charge in [0.25, 0.3) is 0 Å². The van der Waals surface area contributed by atoms with Gasteiger partial charge in [0.05, 0.1) is 0 Å². The summed E-state index contributed by atoms with van der Waals surface area (Å²) in [6.07, 6.45) is 0.674. The number of alkyl halides is 1. The van der Waals surface area contributed by atoms with E-state index in [4.69, 9.17) is 5.10 Å². The first-order chi connectivity index (χ1) is 9.58. The summed E-state index contributed by atoms with van der Waals surface area (Å²) in [6.45, 7) is 5.26. The van der Waals surface area contributed by atoms with Crippen LogP contribution in [-0.2, 0) is 0 Å². The van der Waals surface area contributed by atoms with Crippen LogP contribution in [0, 0.1) is 11.3 Å². The Labute approximate surface area is 119 Å². The van der Waals surface area contributed by atoms with Crippen molar-refractivity contribution < 1.29 is 4.39 Å². The number of benzene rings is 1. The summed E-state index contributed by atoms with van der Waals surface area (Å²) in [5.41, 5.74) is 1.36. The van der Waals surface area contributed by atoms with Crippen molar-refractivity contribution in [1.82, 2.24) is 5.01 Å².